The van der Waals surface area contributed by atoms with E-state index in [1.807, 2.05) is 6.92 Å². The molecule has 0 unspecified atom stereocenters. The Bertz CT molecular complexity index is 564. The molecule has 2 N–H and O–H groups in total. The van der Waals surface area contributed by atoms with Crippen molar-refractivity contribution in [3.05, 3.63) is 16.6 Å². The Labute approximate surface area is 134 Å². The highest BCUT2D eigenvalue weighted by atomic mass is 79.9. The van der Waals surface area contributed by atoms with Crippen LogP contribution in [0.4, 0.5) is 0 Å². The van der Waals surface area contributed by atoms with Gasteiger partial charge < -0.3 is 14.8 Å². The standard InChI is InChI=1S/C13H21BrN2O4S/c1-4-15-6-5-7-16-21(17,18)13-9-12(20-3)11(19-2)8-10(13)14/h8-9,15-16H,4-7H2,1-3H3. The Balaban J connectivity index is 2.87. The molecule has 6 nitrogen and oxygen atoms in total. The number of hydrogen-bond donors (Lipinski definition) is 2. The van der Waals surface area contributed by atoms with Gasteiger partial charge in [0, 0.05) is 17.1 Å². The van der Waals surface area contributed by atoms with Gasteiger partial charge >= 0.3 is 0 Å². The lowest BCUT2D eigenvalue weighted by Gasteiger charge is -2.13. The van der Waals surface area contributed by atoms with Gasteiger partial charge in [0.25, 0.3) is 0 Å². The lowest BCUT2D eigenvalue weighted by molar-refractivity contribution is 0.353. The zero-order valence-electron chi connectivity index (χ0n) is 12.4. The molecule has 0 fully saturated rings. The van der Waals surface area contributed by atoms with Crippen molar-refractivity contribution in [1.82, 2.24) is 10.0 Å². The van der Waals surface area contributed by atoms with E-state index < -0.39 is 10.0 Å². The molecule has 1 aromatic carbocycles. The Hall–Kier alpha value is -0.830. The molecule has 1 rings (SSSR count). The van der Waals surface area contributed by atoms with Crippen LogP contribution in [-0.4, -0.2) is 42.3 Å². The highest BCUT2D eigenvalue weighted by Crippen LogP contribution is 2.35. The van der Waals surface area contributed by atoms with Crippen LogP contribution in [0.15, 0.2) is 21.5 Å². The number of nitrogens with one attached hydrogen (secondary N) is 2. The smallest absolute Gasteiger partial charge is 0.241 e. The summed E-state index contributed by atoms with van der Waals surface area (Å²) in [5.74, 6) is 0.837. The molecular weight excluding hydrogens is 360 g/mol. The van der Waals surface area contributed by atoms with Gasteiger partial charge in [0.1, 0.15) is 4.90 Å². The SMILES string of the molecule is CCNCCCNS(=O)(=O)c1cc(OC)c(OC)cc1Br. The van der Waals surface area contributed by atoms with Gasteiger partial charge in [-0.15, -0.1) is 0 Å². The quantitative estimate of drug-likeness (QED) is 0.638. The normalized spacial score (nSPS) is 11.4. The fourth-order valence-corrected chi connectivity index (χ4v) is 3.82. The van der Waals surface area contributed by atoms with Gasteiger partial charge in [-0.25, -0.2) is 13.1 Å². The summed E-state index contributed by atoms with van der Waals surface area (Å²) in [5, 5.41) is 3.14. The third kappa shape index (κ3) is 5.14. The van der Waals surface area contributed by atoms with Crippen LogP contribution in [0.25, 0.3) is 0 Å². The number of methoxy groups -OCH3 is 2. The van der Waals surface area contributed by atoms with Crippen LogP contribution in [0, 0.1) is 0 Å². The van der Waals surface area contributed by atoms with Crippen molar-refractivity contribution < 1.29 is 17.9 Å². The molecule has 0 saturated heterocycles. The van der Waals surface area contributed by atoms with Crippen molar-refractivity contribution in [1.29, 1.82) is 0 Å². The first kappa shape index (κ1) is 18.2. The maximum atomic E-state index is 12.3. The molecule has 8 heteroatoms. The van der Waals surface area contributed by atoms with Gasteiger partial charge in [-0.1, -0.05) is 6.92 Å². The number of benzene rings is 1. The highest BCUT2D eigenvalue weighted by molar-refractivity contribution is 9.10. The summed E-state index contributed by atoms with van der Waals surface area (Å²) in [4.78, 5) is 0.128. The van der Waals surface area contributed by atoms with E-state index in [1.165, 1.54) is 20.3 Å². The summed E-state index contributed by atoms with van der Waals surface area (Å²) in [6, 6.07) is 3.02. The predicted molar refractivity (Wildman–Crippen MR) is 85.6 cm³/mol. The number of ether oxygens (including phenoxy) is 2. The zero-order valence-corrected chi connectivity index (χ0v) is 14.8. The van der Waals surface area contributed by atoms with Gasteiger partial charge in [0.15, 0.2) is 11.5 Å². The monoisotopic (exact) mass is 380 g/mol. The molecule has 0 aromatic heterocycles. The molecule has 0 radical (unpaired) electrons. The molecule has 1 aromatic rings. The zero-order chi connectivity index (χ0) is 15.9. The van der Waals surface area contributed by atoms with E-state index in [9.17, 15) is 8.42 Å². The molecule has 0 bridgehead atoms. The third-order valence-corrected chi connectivity index (χ3v) is 5.22. The van der Waals surface area contributed by atoms with Crippen LogP contribution in [0.3, 0.4) is 0 Å². The topological polar surface area (TPSA) is 76.7 Å². The van der Waals surface area contributed by atoms with Gasteiger partial charge in [0.05, 0.1) is 14.2 Å². The van der Waals surface area contributed by atoms with Gasteiger partial charge in [0.2, 0.25) is 10.0 Å². The average molecular weight is 381 g/mol. The van der Waals surface area contributed by atoms with E-state index in [-0.39, 0.29) is 4.90 Å². The van der Waals surface area contributed by atoms with E-state index in [0.29, 0.717) is 22.5 Å². The van der Waals surface area contributed by atoms with Gasteiger partial charge in [-0.05, 0) is 41.5 Å². The summed E-state index contributed by atoms with van der Waals surface area (Å²) in [7, 11) is -0.634. The Morgan fingerprint density at radius 3 is 2.33 bits per heavy atom. The minimum absolute atomic E-state index is 0.128. The minimum Gasteiger partial charge on any atom is -0.493 e. The second-order valence-electron chi connectivity index (χ2n) is 4.24. The van der Waals surface area contributed by atoms with Crippen molar-refractivity contribution >= 4 is 26.0 Å². The van der Waals surface area contributed by atoms with E-state index in [4.69, 9.17) is 9.47 Å². The summed E-state index contributed by atoms with van der Waals surface area (Å²) < 4.78 is 37.9. The van der Waals surface area contributed by atoms with Gasteiger partial charge in [-0.2, -0.15) is 0 Å². The van der Waals surface area contributed by atoms with Crippen LogP contribution in [0.1, 0.15) is 13.3 Å². The van der Waals surface area contributed by atoms with Crippen LogP contribution >= 0.6 is 15.9 Å². The van der Waals surface area contributed by atoms with E-state index in [2.05, 4.69) is 26.0 Å². The van der Waals surface area contributed by atoms with E-state index in [1.54, 1.807) is 6.07 Å². The van der Waals surface area contributed by atoms with Crippen LogP contribution < -0.4 is 19.5 Å². The van der Waals surface area contributed by atoms with Crippen molar-refractivity contribution in [3.63, 3.8) is 0 Å². The maximum Gasteiger partial charge on any atom is 0.241 e. The number of halogens is 1. The molecule has 0 aliphatic rings. The molecule has 120 valence electrons. The van der Waals surface area contributed by atoms with E-state index in [0.717, 1.165) is 19.5 Å². The summed E-state index contributed by atoms with van der Waals surface area (Å²) in [6.45, 7) is 4.02. The first-order valence-electron chi connectivity index (χ1n) is 6.58. The molecule has 0 spiro atoms. The fraction of sp³-hybridized carbons (Fsp3) is 0.538. The first-order chi connectivity index (χ1) is 9.96. The molecule has 0 aliphatic carbocycles. The van der Waals surface area contributed by atoms with Crippen molar-refractivity contribution in [3.8, 4) is 11.5 Å². The molecular formula is C13H21BrN2O4S. The van der Waals surface area contributed by atoms with Crippen LogP contribution in [0.5, 0.6) is 11.5 Å². The molecule has 0 saturated carbocycles. The number of sulfonamides is 1. The second kappa shape index (κ2) is 8.57. The summed E-state index contributed by atoms with van der Waals surface area (Å²) in [6.07, 6.45) is 0.720. The summed E-state index contributed by atoms with van der Waals surface area (Å²) >= 11 is 3.25. The minimum atomic E-state index is -3.60. The fourth-order valence-electron chi connectivity index (χ4n) is 1.72. The predicted octanol–water partition coefficient (Wildman–Crippen LogP) is 1.74. The number of hydrogen-bond acceptors (Lipinski definition) is 5. The van der Waals surface area contributed by atoms with Crippen LogP contribution in [-0.2, 0) is 10.0 Å². The average Bonchev–Trinajstić information content (AvgIpc) is 2.46. The number of rotatable bonds is 9. The van der Waals surface area contributed by atoms with Crippen molar-refractivity contribution in [2.24, 2.45) is 0 Å². The molecule has 0 atom stereocenters. The van der Waals surface area contributed by atoms with Crippen molar-refractivity contribution in [2.75, 3.05) is 33.9 Å². The van der Waals surface area contributed by atoms with Crippen molar-refractivity contribution in [2.45, 2.75) is 18.2 Å². The highest BCUT2D eigenvalue weighted by Gasteiger charge is 2.20. The molecule has 0 amide bonds. The largest absolute Gasteiger partial charge is 0.493 e. The first-order valence-corrected chi connectivity index (χ1v) is 8.85. The Morgan fingerprint density at radius 2 is 1.76 bits per heavy atom. The molecule has 0 heterocycles. The van der Waals surface area contributed by atoms with Crippen LogP contribution in [0.2, 0.25) is 0 Å². The Morgan fingerprint density at radius 1 is 1.14 bits per heavy atom. The molecule has 0 aliphatic heterocycles. The molecule has 21 heavy (non-hydrogen) atoms. The lowest BCUT2D eigenvalue weighted by Crippen LogP contribution is -2.27. The third-order valence-electron chi connectivity index (χ3n) is 2.80. The lowest BCUT2D eigenvalue weighted by atomic mass is 10.3. The maximum absolute atomic E-state index is 12.3. The second-order valence-corrected chi connectivity index (χ2v) is 6.83. The summed E-state index contributed by atoms with van der Waals surface area (Å²) in [5.41, 5.74) is 0. The van der Waals surface area contributed by atoms with E-state index >= 15 is 0 Å². The Kier molecular flexibility index (Phi) is 7.44. The van der Waals surface area contributed by atoms with Gasteiger partial charge in [-0.3, -0.25) is 0 Å².